The second-order valence-electron chi connectivity index (χ2n) is 4.57. The highest BCUT2D eigenvalue weighted by Gasteiger charge is 2.32. The third-order valence-electron chi connectivity index (χ3n) is 2.94. The molecule has 0 bridgehead atoms. The van der Waals surface area contributed by atoms with E-state index >= 15 is 0 Å². The van der Waals surface area contributed by atoms with Crippen LogP contribution < -0.4 is 10.6 Å². The Morgan fingerprint density at radius 1 is 1.42 bits per heavy atom. The molecule has 0 aliphatic rings. The van der Waals surface area contributed by atoms with Crippen LogP contribution in [-0.2, 0) is 11.3 Å². The molecule has 104 valence electrons. The van der Waals surface area contributed by atoms with Crippen molar-refractivity contribution in [3.8, 4) is 0 Å². The van der Waals surface area contributed by atoms with Crippen molar-refractivity contribution < 1.29 is 14.7 Å². The molecule has 1 heterocycles. The van der Waals surface area contributed by atoms with Gasteiger partial charge in [0.25, 0.3) is 0 Å². The van der Waals surface area contributed by atoms with Gasteiger partial charge in [-0.1, -0.05) is 13.0 Å². The first kappa shape index (κ1) is 14.9. The number of hydrogen-bond donors (Lipinski definition) is 3. The number of amides is 2. The number of aromatic nitrogens is 1. The van der Waals surface area contributed by atoms with Gasteiger partial charge in [-0.25, -0.2) is 9.59 Å². The van der Waals surface area contributed by atoms with Crippen molar-refractivity contribution >= 4 is 12.0 Å². The average Bonchev–Trinajstić information content (AvgIpc) is 2.36. The molecule has 2 amide bonds. The zero-order chi connectivity index (χ0) is 14.5. The molecule has 1 atom stereocenters. The first-order valence-electron chi connectivity index (χ1n) is 6.09. The predicted molar refractivity (Wildman–Crippen MR) is 70.7 cm³/mol. The average molecular weight is 265 g/mol. The van der Waals surface area contributed by atoms with Crippen LogP contribution in [0.4, 0.5) is 4.79 Å². The smallest absolute Gasteiger partial charge is 0.329 e. The van der Waals surface area contributed by atoms with Crippen molar-refractivity contribution in [2.45, 2.75) is 39.3 Å². The quantitative estimate of drug-likeness (QED) is 0.751. The lowest BCUT2D eigenvalue weighted by Gasteiger charge is -2.24. The number of carboxylic acid groups (broad SMARTS) is 1. The molecule has 6 heteroatoms. The molecule has 6 nitrogen and oxygen atoms in total. The topological polar surface area (TPSA) is 91.3 Å². The fraction of sp³-hybridized carbons (Fsp3) is 0.462. The highest BCUT2D eigenvalue weighted by atomic mass is 16.4. The fourth-order valence-corrected chi connectivity index (χ4v) is 1.46. The Hall–Kier alpha value is -2.11. The maximum atomic E-state index is 11.7. The summed E-state index contributed by atoms with van der Waals surface area (Å²) in [6.07, 6.45) is 0.304. The molecule has 1 aromatic rings. The number of carbonyl (C=O) groups is 2. The summed E-state index contributed by atoms with van der Waals surface area (Å²) in [6.45, 7) is 5.30. The van der Waals surface area contributed by atoms with Crippen LogP contribution in [0, 0.1) is 6.92 Å². The van der Waals surface area contributed by atoms with Gasteiger partial charge in [0.15, 0.2) is 0 Å². The van der Waals surface area contributed by atoms with Crippen LogP contribution in [0.25, 0.3) is 0 Å². The van der Waals surface area contributed by atoms with Crippen LogP contribution in [0.3, 0.4) is 0 Å². The van der Waals surface area contributed by atoms with Gasteiger partial charge in [0, 0.05) is 5.69 Å². The van der Waals surface area contributed by atoms with Crippen LogP contribution >= 0.6 is 0 Å². The van der Waals surface area contributed by atoms with Gasteiger partial charge in [-0.2, -0.15) is 0 Å². The molecule has 1 rings (SSSR count). The molecule has 0 aromatic carbocycles. The van der Waals surface area contributed by atoms with E-state index in [1.165, 1.54) is 6.92 Å². The molecular weight excluding hydrogens is 246 g/mol. The number of pyridine rings is 1. The summed E-state index contributed by atoms with van der Waals surface area (Å²) in [5.74, 6) is -1.06. The molecule has 1 aromatic heterocycles. The van der Waals surface area contributed by atoms with Crippen LogP contribution in [0.5, 0.6) is 0 Å². The third-order valence-corrected chi connectivity index (χ3v) is 2.94. The van der Waals surface area contributed by atoms with Crippen LogP contribution in [-0.4, -0.2) is 27.6 Å². The Kier molecular flexibility index (Phi) is 4.86. The molecule has 3 N–H and O–H groups in total. The third kappa shape index (κ3) is 4.24. The van der Waals surface area contributed by atoms with E-state index in [1.54, 1.807) is 13.0 Å². The van der Waals surface area contributed by atoms with Gasteiger partial charge in [0.2, 0.25) is 0 Å². The summed E-state index contributed by atoms with van der Waals surface area (Å²) in [5, 5.41) is 14.1. The number of urea groups is 1. The number of aryl methyl sites for hydroxylation is 1. The molecule has 0 saturated carbocycles. The molecule has 0 saturated heterocycles. The minimum Gasteiger partial charge on any atom is -0.480 e. The normalized spacial score (nSPS) is 13.4. The standard InChI is InChI=1S/C13H19N3O3/c1-4-13(3,11(17)18)16-12(19)14-8-10-7-5-6-9(2)15-10/h5-7H,4,8H2,1-3H3,(H,17,18)(H2,14,16,19). The minimum absolute atomic E-state index is 0.257. The van der Waals surface area contributed by atoms with E-state index in [0.29, 0.717) is 6.42 Å². The Bertz CT molecular complexity index is 476. The van der Waals surface area contributed by atoms with E-state index in [0.717, 1.165) is 11.4 Å². The Morgan fingerprint density at radius 3 is 2.63 bits per heavy atom. The zero-order valence-electron chi connectivity index (χ0n) is 11.4. The van der Waals surface area contributed by atoms with Gasteiger partial charge in [0.1, 0.15) is 5.54 Å². The fourth-order valence-electron chi connectivity index (χ4n) is 1.46. The lowest BCUT2D eigenvalue weighted by Crippen LogP contribution is -2.54. The van der Waals surface area contributed by atoms with E-state index in [4.69, 9.17) is 5.11 Å². The van der Waals surface area contributed by atoms with E-state index in [1.807, 2.05) is 19.1 Å². The first-order chi connectivity index (χ1) is 8.87. The van der Waals surface area contributed by atoms with Gasteiger partial charge >= 0.3 is 12.0 Å². The van der Waals surface area contributed by atoms with Gasteiger partial charge in [-0.15, -0.1) is 0 Å². The monoisotopic (exact) mass is 265 g/mol. The number of rotatable bonds is 5. The lowest BCUT2D eigenvalue weighted by atomic mass is 10.00. The van der Waals surface area contributed by atoms with E-state index in [9.17, 15) is 9.59 Å². The van der Waals surface area contributed by atoms with Crippen molar-refractivity contribution in [2.24, 2.45) is 0 Å². The summed E-state index contributed by atoms with van der Waals surface area (Å²) < 4.78 is 0. The van der Waals surface area contributed by atoms with Gasteiger partial charge in [0.05, 0.1) is 12.2 Å². The molecule has 0 radical (unpaired) electrons. The number of carbonyl (C=O) groups excluding carboxylic acids is 1. The van der Waals surface area contributed by atoms with E-state index in [-0.39, 0.29) is 6.54 Å². The second-order valence-corrected chi connectivity index (χ2v) is 4.57. The minimum atomic E-state index is -1.26. The van der Waals surface area contributed by atoms with E-state index < -0.39 is 17.5 Å². The number of nitrogens with zero attached hydrogens (tertiary/aromatic N) is 1. The summed E-state index contributed by atoms with van der Waals surface area (Å²) in [4.78, 5) is 27.0. The second kappa shape index (κ2) is 6.17. The number of aliphatic carboxylic acids is 1. The highest BCUT2D eigenvalue weighted by molar-refractivity contribution is 5.85. The van der Waals surface area contributed by atoms with Crippen molar-refractivity contribution in [3.63, 3.8) is 0 Å². The number of hydrogen-bond acceptors (Lipinski definition) is 3. The molecule has 0 aliphatic heterocycles. The molecule has 0 fully saturated rings. The van der Waals surface area contributed by atoms with Gasteiger partial charge in [-0.3, -0.25) is 4.98 Å². The van der Waals surface area contributed by atoms with E-state index in [2.05, 4.69) is 15.6 Å². The number of nitrogens with one attached hydrogen (secondary N) is 2. The molecule has 0 spiro atoms. The van der Waals surface area contributed by atoms with Crippen molar-refractivity contribution in [1.29, 1.82) is 0 Å². The maximum absolute atomic E-state index is 11.7. The summed E-state index contributed by atoms with van der Waals surface area (Å²) in [7, 11) is 0. The highest BCUT2D eigenvalue weighted by Crippen LogP contribution is 2.08. The van der Waals surface area contributed by atoms with Crippen LogP contribution in [0.15, 0.2) is 18.2 Å². The largest absolute Gasteiger partial charge is 0.480 e. The summed E-state index contributed by atoms with van der Waals surface area (Å²) in [5.41, 5.74) is 0.330. The maximum Gasteiger partial charge on any atom is 0.329 e. The summed E-state index contributed by atoms with van der Waals surface area (Å²) >= 11 is 0. The zero-order valence-corrected chi connectivity index (χ0v) is 11.4. The summed E-state index contributed by atoms with van der Waals surface area (Å²) in [6, 6.07) is 4.99. The van der Waals surface area contributed by atoms with Crippen molar-refractivity contribution in [2.75, 3.05) is 0 Å². The lowest BCUT2D eigenvalue weighted by molar-refractivity contribution is -0.143. The van der Waals surface area contributed by atoms with Crippen LogP contribution in [0.2, 0.25) is 0 Å². The Morgan fingerprint density at radius 2 is 2.11 bits per heavy atom. The number of carboxylic acids is 1. The van der Waals surface area contributed by atoms with Gasteiger partial charge < -0.3 is 15.7 Å². The predicted octanol–water partition coefficient (Wildman–Crippen LogP) is 1.44. The van der Waals surface area contributed by atoms with Crippen molar-refractivity contribution in [1.82, 2.24) is 15.6 Å². The molecular formula is C13H19N3O3. The molecule has 1 unspecified atom stereocenters. The Balaban J connectivity index is 2.54. The first-order valence-corrected chi connectivity index (χ1v) is 6.09. The molecule has 19 heavy (non-hydrogen) atoms. The van der Waals surface area contributed by atoms with Crippen LogP contribution in [0.1, 0.15) is 31.7 Å². The van der Waals surface area contributed by atoms with Crippen molar-refractivity contribution in [3.05, 3.63) is 29.6 Å². The van der Waals surface area contributed by atoms with Gasteiger partial charge in [-0.05, 0) is 32.4 Å². The Labute approximate surface area is 112 Å². The molecule has 0 aliphatic carbocycles. The SMILES string of the molecule is CCC(C)(NC(=O)NCc1cccc(C)n1)C(=O)O.